The number of carbonyl (C=O) groups is 1. The molecule has 3 aromatic rings. The topological polar surface area (TPSA) is 74.8 Å². The van der Waals surface area contributed by atoms with Gasteiger partial charge in [0.2, 0.25) is 5.91 Å². The monoisotopic (exact) mass is 375 g/mol. The van der Waals surface area contributed by atoms with Crippen molar-refractivity contribution in [2.45, 2.75) is 39.2 Å². The summed E-state index contributed by atoms with van der Waals surface area (Å²) in [5, 5.41) is 3.10. The molecule has 1 unspecified atom stereocenters. The Balaban J connectivity index is 1.74. The van der Waals surface area contributed by atoms with Gasteiger partial charge in [-0.1, -0.05) is 60.7 Å². The molecule has 0 aliphatic carbocycles. The SMILES string of the molecule is Cc1nc(C)c(CC(=O)NC(CCc2ccccc2)c2ccccc2)c(=O)[nH]1. The Kier molecular flexibility index (Phi) is 6.37. The van der Waals surface area contributed by atoms with Gasteiger partial charge in [0.15, 0.2) is 0 Å². The van der Waals surface area contributed by atoms with Crippen LogP contribution >= 0.6 is 0 Å². The second-order valence-electron chi connectivity index (χ2n) is 6.95. The molecule has 1 atom stereocenters. The number of hydrogen-bond donors (Lipinski definition) is 2. The molecule has 5 heteroatoms. The van der Waals surface area contributed by atoms with Crippen molar-refractivity contribution in [3.63, 3.8) is 0 Å². The van der Waals surface area contributed by atoms with Crippen LogP contribution in [0.3, 0.4) is 0 Å². The first kappa shape index (κ1) is 19.5. The van der Waals surface area contributed by atoms with Crippen LogP contribution in [0.15, 0.2) is 65.5 Å². The predicted molar refractivity (Wildman–Crippen MR) is 110 cm³/mol. The van der Waals surface area contributed by atoms with Crippen LogP contribution in [0.1, 0.15) is 40.7 Å². The summed E-state index contributed by atoms with van der Waals surface area (Å²) in [5.74, 6) is 0.373. The molecular weight excluding hydrogens is 350 g/mol. The molecule has 2 N–H and O–H groups in total. The summed E-state index contributed by atoms with van der Waals surface area (Å²) in [6.45, 7) is 3.49. The summed E-state index contributed by atoms with van der Waals surface area (Å²) in [5.41, 5.74) is 3.04. The number of amides is 1. The van der Waals surface area contributed by atoms with Crippen LogP contribution in [0.4, 0.5) is 0 Å². The van der Waals surface area contributed by atoms with E-state index < -0.39 is 0 Å². The van der Waals surface area contributed by atoms with E-state index >= 15 is 0 Å². The lowest BCUT2D eigenvalue weighted by atomic mass is 9.98. The van der Waals surface area contributed by atoms with Crippen LogP contribution in [0, 0.1) is 13.8 Å². The molecule has 28 heavy (non-hydrogen) atoms. The Morgan fingerprint density at radius 1 is 1.04 bits per heavy atom. The van der Waals surface area contributed by atoms with E-state index in [1.165, 1.54) is 5.56 Å². The lowest BCUT2D eigenvalue weighted by Gasteiger charge is -2.20. The molecule has 1 heterocycles. The fourth-order valence-corrected chi connectivity index (χ4v) is 3.33. The number of H-pyrrole nitrogens is 1. The zero-order chi connectivity index (χ0) is 19.9. The molecule has 5 nitrogen and oxygen atoms in total. The third kappa shape index (κ3) is 5.16. The molecule has 0 aliphatic heterocycles. The van der Waals surface area contributed by atoms with E-state index in [1.807, 2.05) is 48.5 Å². The normalized spacial score (nSPS) is 11.8. The first-order chi connectivity index (χ1) is 13.5. The number of aryl methyl sites for hydroxylation is 3. The molecule has 3 rings (SSSR count). The van der Waals surface area contributed by atoms with E-state index in [1.54, 1.807) is 13.8 Å². The summed E-state index contributed by atoms with van der Waals surface area (Å²) in [6, 6.07) is 20.0. The molecule has 144 valence electrons. The van der Waals surface area contributed by atoms with E-state index in [-0.39, 0.29) is 23.9 Å². The lowest BCUT2D eigenvalue weighted by molar-refractivity contribution is -0.121. The Morgan fingerprint density at radius 2 is 1.68 bits per heavy atom. The van der Waals surface area contributed by atoms with Crippen LogP contribution in [0.2, 0.25) is 0 Å². The van der Waals surface area contributed by atoms with Crippen molar-refractivity contribution in [1.29, 1.82) is 0 Å². The van der Waals surface area contributed by atoms with Gasteiger partial charge in [-0.3, -0.25) is 9.59 Å². The van der Waals surface area contributed by atoms with Crippen molar-refractivity contribution in [3.8, 4) is 0 Å². The summed E-state index contributed by atoms with van der Waals surface area (Å²) < 4.78 is 0. The molecule has 0 bridgehead atoms. The molecule has 0 fully saturated rings. The van der Waals surface area contributed by atoms with Gasteiger partial charge in [-0.2, -0.15) is 0 Å². The van der Waals surface area contributed by atoms with Gasteiger partial charge in [-0.15, -0.1) is 0 Å². The minimum Gasteiger partial charge on any atom is -0.349 e. The second-order valence-corrected chi connectivity index (χ2v) is 6.95. The minimum absolute atomic E-state index is 0.0170. The Morgan fingerprint density at radius 3 is 2.32 bits per heavy atom. The van der Waals surface area contributed by atoms with Gasteiger partial charge in [0.1, 0.15) is 5.82 Å². The average Bonchev–Trinajstić information content (AvgIpc) is 2.69. The van der Waals surface area contributed by atoms with E-state index in [0.717, 1.165) is 18.4 Å². The number of nitrogens with zero attached hydrogens (tertiary/aromatic N) is 1. The molecule has 0 radical (unpaired) electrons. The van der Waals surface area contributed by atoms with Gasteiger partial charge in [-0.25, -0.2) is 4.98 Å². The summed E-state index contributed by atoms with van der Waals surface area (Å²) in [6.07, 6.45) is 1.65. The number of aromatic amines is 1. The van der Waals surface area contributed by atoms with Crippen molar-refractivity contribution in [3.05, 3.63) is 99.2 Å². The quantitative estimate of drug-likeness (QED) is 0.664. The summed E-state index contributed by atoms with van der Waals surface area (Å²) in [4.78, 5) is 31.8. The maximum atomic E-state index is 12.7. The molecule has 0 aliphatic rings. The van der Waals surface area contributed by atoms with Gasteiger partial charge in [0, 0.05) is 11.3 Å². The highest BCUT2D eigenvalue weighted by molar-refractivity contribution is 5.79. The third-order valence-corrected chi connectivity index (χ3v) is 4.78. The highest BCUT2D eigenvalue weighted by Gasteiger charge is 2.17. The molecule has 1 amide bonds. The van der Waals surface area contributed by atoms with Crippen molar-refractivity contribution in [2.24, 2.45) is 0 Å². The van der Waals surface area contributed by atoms with Crippen LogP contribution in [0.5, 0.6) is 0 Å². The van der Waals surface area contributed by atoms with Gasteiger partial charge >= 0.3 is 0 Å². The van der Waals surface area contributed by atoms with E-state index in [9.17, 15) is 9.59 Å². The molecular formula is C23H25N3O2. The van der Waals surface area contributed by atoms with Crippen molar-refractivity contribution >= 4 is 5.91 Å². The van der Waals surface area contributed by atoms with Crippen LogP contribution in [-0.4, -0.2) is 15.9 Å². The van der Waals surface area contributed by atoms with Crippen LogP contribution in [-0.2, 0) is 17.6 Å². The Hall–Kier alpha value is -3.21. The van der Waals surface area contributed by atoms with Gasteiger partial charge in [-0.05, 0) is 37.8 Å². The van der Waals surface area contributed by atoms with Gasteiger partial charge < -0.3 is 10.3 Å². The van der Waals surface area contributed by atoms with Gasteiger partial charge in [0.25, 0.3) is 5.56 Å². The van der Waals surface area contributed by atoms with Crippen molar-refractivity contribution < 1.29 is 4.79 Å². The molecule has 0 saturated heterocycles. The standard InChI is InChI=1S/C23H25N3O2/c1-16-20(23(28)25-17(2)24-16)15-22(27)26-21(19-11-7-4-8-12-19)14-13-18-9-5-3-6-10-18/h3-12,21H,13-15H2,1-2H3,(H,26,27)(H,24,25,28). The number of aromatic nitrogens is 2. The predicted octanol–water partition coefficient (Wildman–Crippen LogP) is 3.42. The Bertz CT molecular complexity index is 982. The first-order valence-corrected chi connectivity index (χ1v) is 9.47. The van der Waals surface area contributed by atoms with Crippen LogP contribution < -0.4 is 10.9 Å². The lowest BCUT2D eigenvalue weighted by Crippen LogP contribution is -2.32. The maximum Gasteiger partial charge on any atom is 0.254 e. The highest BCUT2D eigenvalue weighted by Crippen LogP contribution is 2.19. The van der Waals surface area contributed by atoms with Crippen molar-refractivity contribution in [2.75, 3.05) is 0 Å². The number of carbonyl (C=O) groups excluding carboxylic acids is 1. The summed E-state index contributed by atoms with van der Waals surface area (Å²) in [7, 11) is 0. The fraction of sp³-hybridized carbons (Fsp3) is 0.261. The molecule has 2 aromatic carbocycles. The van der Waals surface area contributed by atoms with E-state index in [0.29, 0.717) is 17.1 Å². The largest absolute Gasteiger partial charge is 0.349 e. The van der Waals surface area contributed by atoms with E-state index in [2.05, 4.69) is 27.4 Å². The smallest absolute Gasteiger partial charge is 0.254 e. The average molecular weight is 375 g/mol. The maximum absolute atomic E-state index is 12.7. The number of nitrogens with one attached hydrogen (secondary N) is 2. The highest BCUT2D eigenvalue weighted by atomic mass is 16.2. The number of benzene rings is 2. The number of hydrogen-bond acceptors (Lipinski definition) is 3. The fourth-order valence-electron chi connectivity index (χ4n) is 3.33. The zero-order valence-electron chi connectivity index (χ0n) is 16.2. The van der Waals surface area contributed by atoms with Gasteiger partial charge in [0.05, 0.1) is 12.5 Å². The Labute approximate surface area is 164 Å². The minimum atomic E-state index is -0.249. The summed E-state index contributed by atoms with van der Waals surface area (Å²) >= 11 is 0. The zero-order valence-corrected chi connectivity index (χ0v) is 16.2. The molecule has 1 aromatic heterocycles. The van der Waals surface area contributed by atoms with Crippen LogP contribution in [0.25, 0.3) is 0 Å². The second kappa shape index (κ2) is 9.13. The van der Waals surface area contributed by atoms with Crippen molar-refractivity contribution in [1.82, 2.24) is 15.3 Å². The van der Waals surface area contributed by atoms with E-state index in [4.69, 9.17) is 0 Å². The molecule has 0 saturated carbocycles. The number of rotatable bonds is 7. The third-order valence-electron chi connectivity index (χ3n) is 4.78. The first-order valence-electron chi connectivity index (χ1n) is 9.47. The molecule has 0 spiro atoms.